The number of morpholine rings is 1. The fourth-order valence-electron chi connectivity index (χ4n) is 4.43. The minimum atomic E-state index is 0. The molecule has 0 radical (unpaired) electrons. The van der Waals surface area contributed by atoms with Crippen molar-refractivity contribution in [1.29, 1.82) is 0 Å². The van der Waals surface area contributed by atoms with Crippen LogP contribution in [0.1, 0.15) is 19.3 Å². The second-order valence-electron chi connectivity index (χ2n) is 8.15. The average molecular weight is 495 g/mol. The zero-order valence-corrected chi connectivity index (χ0v) is 19.6. The Morgan fingerprint density at radius 3 is 2.41 bits per heavy atom. The Balaban J connectivity index is 0.00000261. The first-order valence-electron chi connectivity index (χ1n) is 10.1. The number of nitrogens with one attached hydrogen (secondary N) is 1. The molecule has 158 valence electrons. The van der Waals surface area contributed by atoms with Gasteiger partial charge in [-0.05, 0) is 39.3 Å². The fourth-order valence-corrected chi connectivity index (χ4v) is 4.43. The second kappa shape index (κ2) is 11.1. The van der Waals surface area contributed by atoms with Crippen LogP contribution in [0.5, 0.6) is 0 Å². The van der Waals surface area contributed by atoms with Crippen LogP contribution in [0.3, 0.4) is 0 Å². The number of guanidine groups is 1. The van der Waals surface area contributed by atoms with Crippen molar-refractivity contribution in [3.05, 3.63) is 0 Å². The van der Waals surface area contributed by atoms with Crippen LogP contribution in [0.15, 0.2) is 4.99 Å². The normalized spacial score (nSPS) is 26.9. The smallest absolute Gasteiger partial charge is 0.193 e. The van der Waals surface area contributed by atoms with Crippen LogP contribution in [0, 0.1) is 5.92 Å². The van der Waals surface area contributed by atoms with Gasteiger partial charge in [-0.1, -0.05) is 0 Å². The first-order valence-corrected chi connectivity index (χ1v) is 10.1. The summed E-state index contributed by atoms with van der Waals surface area (Å²) in [7, 11) is 6.28. The number of likely N-dealkylation sites (tertiary alicyclic amines) is 1. The number of nitrogens with zero attached hydrogens (tertiary/aromatic N) is 4. The molecule has 0 aromatic rings. The van der Waals surface area contributed by atoms with Gasteiger partial charge in [-0.2, -0.15) is 0 Å². The highest BCUT2D eigenvalue weighted by atomic mass is 127. The maximum absolute atomic E-state index is 5.59. The minimum Gasteiger partial charge on any atom is -0.381 e. The zero-order chi connectivity index (χ0) is 18.4. The minimum absolute atomic E-state index is 0. The molecule has 27 heavy (non-hydrogen) atoms. The van der Waals surface area contributed by atoms with Gasteiger partial charge in [-0.15, -0.1) is 24.0 Å². The third-order valence-corrected chi connectivity index (χ3v) is 6.37. The molecule has 0 saturated carbocycles. The molecule has 0 aromatic carbocycles. The molecule has 8 heteroatoms. The van der Waals surface area contributed by atoms with Gasteiger partial charge in [0.25, 0.3) is 0 Å². The molecule has 3 heterocycles. The van der Waals surface area contributed by atoms with E-state index < -0.39 is 0 Å². The van der Waals surface area contributed by atoms with Gasteiger partial charge in [-0.25, -0.2) is 0 Å². The summed E-state index contributed by atoms with van der Waals surface area (Å²) in [5.41, 5.74) is 0.168. The lowest BCUT2D eigenvalue weighted by molar-refractivity contribution is -0.00522. The van der Waals surface area contributed by atoms with Gasteiger partial charge < -0.3 is 24.6 Å². The van der Waals surface area contributed by atoms with E-state index >= 15 is 0 Å². The highest BCUT2D eigenvalue weighted by molar-refractivity contribution is 14.0. The van der Waals surface area contributed by atoms with Crippen molar-refractivity contribution in [3.8, 4) is 0 Å². The Labute approximate surface area is 181 Å². The van der Waals surface area contributed by atoms with Crippen molar-refractivity contribution >= 4 is 29.9 Å². The number of halogens is 1. The van der Waals surface area contributed by atoms with E-state index in [1.807, 2.05) is 7.05 Å². The second-order valence-corrected chi connectivity index (χ2v) is 8.15. The quantitative estimate of drug-likeness (QED) is 0.348. The molecule has 3 aliphatic heterocycles. The number of ether oxygens (including phenoxy) is 2. The monoisotopic (exact) mass is 495 g/mol. The average Bonchev–Trinajstić information content (AvgIpc) is 3.12. The van der Waals surface area contributed by atoms with E-state index in [1.54, 1.807) is 0 Å². The number of rotatable bonds is 5. The molecule has 3 saturated heterocycles. The molecule has 1 unspecified atom stereocenters. The molecule has 1 atom stereocenters. The lowest BCUT2D eigenvalue weighted by Gasteiger charge is -2.43. The Bertz CT molecular complexity index is 465. The number of aliphatic imine (C=N–C) groups is 1. The molecule has 0 aromatic heterocycles. The summed E-state index contributed by atoms with van der Waals surface area (Å²) in [5, 5.41) is 3.67. The van der Waals surface area contributed by atoms with Gasteiger partial charge in [0.2, 0.25) is 0 Å². The summed E-state index contributed by atoms with van der Waals surface area (Å²) in [6.07, 6.45) is 3.40. The van der Waals surface area contributed by atoms with Gasteiger partial charge in [0.1, 0.15) is 0 Å². The van der Waals surface area contributed by atoms with Gasteiger partial charge in [0.15, 0.2) is 5.96 Å². The van der Waals surface area contributed by atoms with E-state index in [2.05, 4.69) is 39.1 Å². The largest absolute Gasteiger partial charge is 0.381 e. The molecule has 3 rings (SSSR count). The molecular formula is C19H38IN5O2. The van der Waals surface area contributed by atoms with Crippen molar-refractivity contribution in [1.82, 2.24) is 20.0 Å². The van der Waals surface area contributed by atoms with E-state index in [1.165, 1.54) is 13.0 Å². The van der Waals surface area contributed by atoms with Crippen LogP contribution in [-0.2, 0) is 9.47 Å². The van der Waals surface area contributed by atoms with Crippen molar-refractivity contribution < 1.29 is 9.47 Å². The van der Waals surface area contributed by atoms with Crippen LogP contribution < -0.4 is 5.32 Å². The number of hydrogen-bond acceptors (Lipinski definition) is 5. The Hall–Kier alpha value is -0.160. The molecule has 0 amide bonds. The van der Waals surface area contributed by atoms with Crippen LogP contribution >= 0.6 is 24.0 Å². The third-order valence-electron chi connectivity index (χ3n) is 6.37. The van der Waals surface area contributed by atoms with E-state index in [0.29, 0.717) is 0 Å². The van der Waals surface area contributed by atoms with Gasteiger partial charge in [0, 0.05) is 65.1 Å². The highest BCUT2D eigenvalue weighted by Crippen LogP contribution is 2.25. The highest BCUT2D eigenvalue weighted by Gasteiger charge is 2.35. The van der Waals surface area contributed by atoms with Crippen LogP contribution in [0.2, 0.25) is 0 Å². The maximum Gasteiger partial charge on any atom is 0.193 e. The lowest BCUT2D eigenvalue weighted by Crippen LogP contribution is -2.57. The zero-order valence-electron chi connectivity index (χ0n) is 17.3. The van der Waals surface area contributed by atoms with Crippen molar-refractivity contribution in [2.24, 2.45) is 10.9 Å². The van der Waals surface area contributed by atoms with E-state index in [9.17, 15) is 0 Å². The molecular weight excluding hydrogens is 457 g/mol. The Kier molecular flexibility index (Phi) is 9.54. The molecule has 0 aliphatic carbocycles. The molecule has 0 bridgehead atoms. The summed E-state index contributed by atoms with van der Waals surface area (Å²) in [6.45, 7) is 9.96. The maximum atomic E-state index is 5.59. The summed E-state index contributed by atoms with van der Waals surface area (Å²) < 4.78 is 11.1. The van der Waals surface area contributed by atoms with Crippen molar-refractivity contribution in [2.45, 2.75) is 24.8 Å². The summed E-state index contributed by atoms with van der Waals surface area (Å²) in [4.78, 5) is 11.9. The van der Waals surface area contributed by atoms with E-state index in [-0.39, 0.29) is 29.5 Å². The van der Waals surface area contributed by atoms with Gasteiger partial charge in [0.05, 0.1) is 13.2 Å². The predicted octanol–water partition coefficient (Wildman–Crippen LogP) is 0.945. The standard InChI is InChI=1S/C19H37N5O2.HI/c1-20-18(21-16-19(22(2)3)5-10-25-11-6-19)24-7-4-17(15-24)14-23-8-12-26-13-9-23;/h17H,4-16H2,1-3H3,(H,20,21);1H. The molecule has 7 nitrogen and oxygen atoms in total. The van der Waals surface area contributed by atoms with Crippen LogP contribution in [-0.4, -0.2) is 113 Å². The molecule has 0 spiro atoms. The summed E-state index contributed by atoms with van der Waals surface area (Å²) >= 11 is 0. The fraction of sp³-hybridized carbons (Fsp3) is 0.947. The van der Waals surface area contributed by atoms with Gasteiger partial charge >= 0.3 is 0 Å². The Morgan fingerprint density at radius 1 is 1.11 bits per heavy atom. The van der Waals surface area contributed by atoms with E-state index in [0.717, 1.165) is 83.9 Å². The third kappa shape index (κ3) is 6.16. The number of hydrogen-bond donors (Lipinski definition) is 1. The first-order chi connectivity index (χ1) is 12.6. The topological polar surface area (TPSA) is 52.6 Å². The molecule has 3 aliphatic rings. The lowest BCUT2D eigenvalue weighted by atomic mass is 9.88. The SMILES string of the molecule is CN=C(NCC1(N(C)C)CCOCC1)N1CCC(CN2CCOCC2)C1.I. The molecule has 1 N–H and O–H groups in total. The molecule has 3 fully saturated rings. The summed E-state index contributed by atoms with van der Waals surface area (Å²) in [5.74, 6) is 1.79. The van der Waals surface area contributed by atoms with Crippen molar-refractivity contribution in [3.63, 3.8) is 0 Å². The van der Waals surface area contributed by atoms with Crippen LogP contribution in [0.25, 0.3) is 0 Å². The van der Waals surface area contributed by atoms with E-state index in [4.69, 9.17) is 9.47 Å². The van der Waals surface area contributed by atoms with Crippen LogP contribution in [0.4, 0.5) is 0 Å². The Morgan fingerprint density at radius 2 is 1.78 bits per heavy atom. The number of likely N-dealkylation sites (N-methyl/N-ethyl adjacent to an activating group) is 1. The predicted molar refractivity (Wildman–Crippen MR) is 120 cm³/mol. The van der Waals surface area contributed by atoms with Crippen molar-refractivity contribution in [2.75, 3.05) is 86.8 Å². The van der Waals surface area contributed by atoms with Gasteiger partial charge in [-0.3, -0.25) is 9.89 Å². The first kappa shape index (κ1) is 23.1. The summed E-state index contributed by atoms with van der Waals surface area (Å²) in [6, 6.07) is 0.